The van der Waals surface area contributed by atoms with Gasteiger partial charge in [0.15, 0.2) is 0 Å². The molecule has 3 saturated heterocycles. The molecule has 11 heteroatoms. The van der Waals surface area contributed by atoms with Crippen molar-refractivity contribution in [3.05, 3.63) is 28.3 Å². The zero-order valence-electron chi connectivity index (χ0n) is 18.7. The van der Waals surface area contributed by atoms with E-state index in [4.69, 9.17) is 17.3 Å². The highest BCUT2D eigenvalue weighted by Crippen LogP contribution is 2.39. The molecule has 4 aliphatic rings. The van der Waals surface area contributed by atoms with E-state index in [0.717, 1.165) is 24.1 Å². The van der Waals surface area contributed by atoms with Crippen molar-refractivity contribution in [1.82, 2.24) is 13.9 Å². The van der Waals surface area contributed by atoms with Gasteiger partial charge in [-0.3, -0.25) is 9.59 Å². The van der Waals surface area contributed by atoms with Crippen LogP contribution in [0.2, 0.25) is 5.02 Å². The fourth-order valence-electron chi connectivity index (χ4n) is 5.78. The van der Waals surface area contributed by atoms with Crippen molar-refractivity contribution in [2.45, 2.75) is 69.1 Å². The van der Waals surface area contributed by atoms with E-state index in [1.165, 1.54) is 0 Å². The molecule has 0 aliphatic carbocycles. The molecule has 33 heavy (non-hydrogen) atoms. The van der Waals surface area contributed by atoms with E-state index in [1.54, 1.807) is 32.7 Å². The third-order valence-electron chi connectivity index (χ3n) is 7.58. The smallest absolute Gasteiger partial charge is 0.282 e. The molecule has 0 saturated carbocycles. The molecule has 3 atom stereocenters. The SMILES string of the molecule is CN1C(=O)Cc2cc(C(=O)N[C@H]3C[C@H]4CC[C@@H](C3)N4S(=O)(=O)N3CCC(N)CC3)c(Cl)cc21. The molecular weight excluding hydrogens is 466 g/mol. The summed E-state index contributed by atoms with van der Waals surface area (Å²) in [5.74, 6) is -0.310. The monoisotopic (exact) mass is 495 g/mol. The van der Waals surface area contributed by atoms with Crippen molar-refractivity contribution < 1.29 is 18.0 Å². The number of hydrogen-bond donors (Lipinski definition) is 2. The van der Waals surface area contributed by atoms with Gasteiger partial charge in [0.25, 0.3) is 16.1 Å². The van der Waals surface area contributed by atoms with Crippen LogP contribution in [0.15, 0.2) is 12.1 Å². The Morgan fingerprint density at radius 3 is 2.39 bits per heavy atom. The third kappa shape index (κ3) is 4.05. The van der Waals surface area contributed by atoms with Gasteiger partial charge in [0, 0.05) is 50.0 Å². The molecule has 5 rings (SSSR count). The summed E-state index contributed by atoms with van der Waals surface area (Å²) < 4.78 is 29.9. The molecular formula is C22H30ClN5O4S. The average molecular weight is 496 g/mol. The normalized spacial score (nSPS) is 28.9. The van der Waals surface area contributed by atoms with E-state index in [0.29, 0.717) is 49.4 Å². The van der Waals surface area contributed by atoms with Crippen LogP contribution in [0.25, 0.3) is 0 Å². The van der Waals surface area contributed by atoms with E-state index in [-0.39, 0.29) is 42.4 Å². The predicted molar refractivity (Wildman–Crippen MR) is 125 cm³/mol. The van der Waals surface area contributed by atoms with Crippen LogP contribution in [-0.4, -0.2) is 73.1 Å². The van der Waals surface area contributed by atoms with Crippen molar-refractivity contribution >= 4 is 39.3 Å². The van der Waals surface area contributed by atoms with Gasteiger partial charge >= 0.3 is 0 Å². The molecule has 0 radical (unpaired) electrons. The van der Waals surface area contributed by atoms with Gasteiger partial charge in [-0.1, -0.05) is 11.6 Å². The van der Waals surface area contributed by atoms with Crippen LogP contribution in [0.1, 0.15) is 54.4 Å². The van der Waals surface area contributed by atoms with E-state index < -0.39 is 10.2 Å². The highest BCUT2D eigenvalue weighted by atomic mass is 35.5. The third-order valence-corrected chi connectivity index (χ3v) is 10.0. The number of fused-ring (bicyclic) bond motifs is 3. The molecule has 180 valence electrons. The Hall–Kier alpha value is -1.72. The van der Waals surface area contributed by atoms with Gasteiger partial charge in [-0.15, -0.1) is 0 Å². The van der Waals surface area contributed by atoms with Crippen molar-refractivity contribution in [2.75, 3.05) is 25.0 Å². The van der Waals surface area contributed by atoms with Crippen LogP contribution >= 0.6 is 11.6 Å². The Bertz CT molecular complexity index is 1070. The lowest BCUT2D eigenvalue weighted by atomic mass is 9.99. The molecule has 4 heterocycles. The zero-order valence-corrected chi connectivity index (χ0v) is 20.2. The number of amides is 2. The highest BCUT2D eigenvalue weighted by molar-refractivity contribution is 7.86. The molecule has 0 aromatic heterocycles. The first-order valence-electron chi connectivity index (χ1n) is 11.6. The van der Waals surface area contributed by atoms with E-state index in [2.05, 4.69) is 5.32 Å². The molecule has 1 aromatic rings. The fourth-order valence-corrected chi connectivity index (χ4v) is 8.10. The number of anilines is 1. The van der Waals surface area contributed by atoms with Crippen LogP contribution in [-0.2, 0) is 21.4 Å². The quantitative estimate of drug-likeness (QED) is 0.652. The fraction of sp³-hybridized carbons (Fsp3) is 0.636. The number of carbonyl (C=O) groups excluding carboxylic acids is 2. The van der Waals surface area contributed by atoms with Crippen LogP contribution < -0.4 is 16.0 Å². The maximum absolute atomic E-state index is 13.3. The van der Waals surface area contributed by atoms with Gasteiger partial charge in [0.2, 0.25) is 5.91 Å². The van der Waals surface area contributed by atoms with Gasteiger partial charge in [0.05, 0.1) is 17.0 Å². The molecule has 9 nitrogen and oxygen atoms in total. The summed E-state index contributed by atoms with van der Waals surface area (Å²) in [6.07, 6.45) is 4.39. The Labute approximate surface area is 199 Å². The summed E-state index contributed by atoms with van der Waals surface area (Å²) in [6.45, 7) is 0.933. The number of nitrogens with two attached hydrogens (primary N) is 1. The maximum Gasteiger partial charge on any atom is 0.282 e. The summed E-state index contributed by atoms with van der Waals surface area (Å²) >= 11 is 6.38. The number of rotatable bonds is 4. The van der Waals surface area contributed by atoms with Gasteiger partial charge in [-0.2, -0.15) is 17.0 Å². The summed E-state index contributed by atoms with van der Waals surface area (Å²) in [6, 6.07) is 3.08. The topological polar surface area (TPSA) is 116 Å². The molecule has 2 bridgehead atoms. The van der Waals surface area contributed by atoms with Crippen molar-refractivity contribution in [2.24, 2.45) is 5.73 Å². The molecule has 0 unspecified atom stereocenters. The summed E-state index contributed by atoms with van der Waals surface area (Å²) in [5, 5.41) is 3.38. The Morgan fingerprint density at radius 2 is 1.76 bits per heavy atom. The number of likely N-dealkylation sites (N-methyl/N-ethyl adjacent to an activating group) is 1. The lowest BCUT2D eigenvalue weighted by Gasteiger charge is -2.41. The molecule has 3 N–H and O–H groups in total. The Kier molecular flexibility index (Phi) is 5.93. The van der Waals surface area contributed by atoms with Gasteiger partial charge in [-0.25, -0.2) is 0 Å². The number of halogens is 1. The zero-order chi connectivity index (χ0) is 23.5. The number of carbonyl (C=O) groups is 2. The van der Waals surface area contributed by atoms with Gasteiger partial charge in [-0.05, 0) is 56.2 Å². The van der Waals surface area contributed by atoms with Crippen LogP contribution in [0.5, 0.6) is 0 Å². The molecule has 1 aromatic carbocycles. The number of hydrogen-bond acceptors (Lipinski definition) is 5. The van der Waals surface area contributed by atoms with Crippen molar-refractivity contribution in [3.63, 3.8) is 0 Å². The number of benzene rings is 1. The molecule has 0 spiro atoms. The standard InChI is InChI=1S/C22H30ClN5O4S/c1-26-20-12-19(23)18(8-13(20)9-21(26)29)22(30)25-15-10-16-2-3-17(11-15)28(16)33(31,32)27-6-4-14(24)5-7-27/h8,12,14-17H,2-7,9-11,24H2,1H3,(H,25,30)/t15-,16+,17-. The highest BCUT2D eigenvalue weighted by Gasteiger charge is 2.49. The Morgan fingerprint density at radius 1 is 1.12 bits per heavy atom. The number of nitrogens with one attached hydrogen (secondary N) is 1. The van der Waals surface area contributed by atoms with Gasteiger partial charge in [0.1, 0.15) is 0 Å². The van der Waals surface area contributed by atoms with Crippen molar-refractivity contribution in [3.8, 4) is 0 Å². The first-order chi connectivity index (χ1) is 15.6. The minimum atomic E-state index is -3.53. The van der Waals surface area contributed by atoms with E-state index in [9.17, 15) is 18.0 Å². The Balaban J connectivity index is 1.27. The van der Waals surface area contributed by atoms with E-state index >= 15 is 0 Å². The molecule has 4 aliphatic heterocycles. The summed E-state index contributed by atoms with van der Waals surface area (Å²) in [5.41, 5.74) is 7.83. The first-order valence-corrected chi connectivity index (χ1v) is 13.4. The molecule has 3 fully saturated rings. The lowest BCUT2D eigenvalue weighted by Crippen LogP contribution is -2.57. The minimum absolute atomic E-state index is 0.0283. The second-order valence-electron chi connectivity index (χ2n) is 9.69. The number of nitrogens with zero attached hydrogens (tertiary/aromatic N) is 3. The minimum Gasteiger partial charge on any atom is -0.349 e. The van der Waals surface area contributed by atoms with Crippen LogP contribution in [0.3, 0.4) is 0 Å². The maximum atomic E-state index is 13.3. The largest absolute Gasteiger partial charge is 0.349 e. The summed E-state index contributed by atoms with van der Waals surface area (Å²) in [7, 11) is -1.84. The predicted octanol–water partition coefficient (Wildman–Crippen LogP) is 1.25. The first kappa shape index (κ1) is 23.0. The van der Waals surface area contributed by atoms with Crippen molar-refractivity contribution in [1.29, 1.82) is 0 Å². The van der Waals surface area contributed by atoms with E-state index in [1.807, 2.05) is 0 Å². The second-order valence-corrected chi connectivity index (χ2v) is 11.9. The van der Waals surface area contributed by atoms with Crippen LogP contribution in [0, 0.1) is 0 Å². The number of piperidine rings is 2. The van der Waals surface area contributed by atoms with Crippen LogP contribution in [0.4, 0.5) is 5.69 Å². The lowest BCUT2D eigenvalue weighted by molar-refractivity contribution is -0.117. The second kappa shape index (κ2) is 8.49. The van der Waals surface area contributed by atoms with Gasteiger partial charge < -0.3 is 16.0 Å². The molecule has 2 amide bonds. The summed E-state index contributed by atoms with van der Waals surface area (Å²) in [4.78, 5) is 26.6. The average Bonchev–Trinajstić information content (AvgIpc) is 3.21.